The maximum atomic E-state index is 12.7. The molecular weight excluding hydrogens is 342 g/mol. The summed E-state index contributed by atoms with van der Waals surface area (Å²) in [4.78, 5) is 26.9. The fourth-order valence-electron chi connectivity index (χ4n) is 3.25. The van der Waals surface area contributed by atoms with Gasteiger partial charge in [-0.3, -0.25) is 14.7 Å². The normalized spacial score (nSPS) is 18.5. The van der Waals surface area contributed by atoms with Gasteiger partial charge in [-0.25, -0.2) is 0 Å². The Hall–Kier alpha value is -2.12. The molecule has 1 saturated heterocycles. The van der Waals surface area contributed by atoms with E-state index >= 15 is 0 Å². The van der Waals surface area contributed by atoms with Crippen molar-refractivity contribution in [3.8, 4) is 0 Å². The number of amides is 2. The van der Waals surface area contributed by atoms with Gasteiger partial charge in [0.1, 0.15) is 6.04 Å². The molecule has 136 valence electrons. The van der Waals surface area contributed by atoms with Crippen LogP contribution in [0.15, 0.2) is 24.3 Å². The molecule has 7 nitrogen and oxygen atoms in total. The first kappa shape index (κ1) is 19.2. The van der Waals surface area contributed by atoms with E-state index in [1.165, 1.54) is 0 Å². The van der Waals surface area contributed by atoms with Gasteiger partial charge in [-0.1, -0.05) is 18.2 Å². The van der Waals surface area contributed by atoms with Gasteiger partial charge in [0, 0.05) is 24.5 Å². The Balaban J connectivity index is 0.00000225. The van der Waals surface area contributed by atoms with Crippen molar-refractivity contribution >= 4 is 35.1 Å². The molecule has 1 aliphatic heterocycles. The third-order valence-corrected chi connectivity index (χ3v) is 4.59. The second-order valence-electron chi connectivity index (χ2n) is 6.23. The molecule has 4 N–H and O–H groups in total. The Bertz CT molecular complexity index is 747. The van der Waals surface area contributed by atoms with Crippen LogP contribution >= 0.6 is 12.4 Å². The average molecular weight is 366 g/mol. The van der Waals surface area contributed by atoms with E-state index in [2.05, 4.69) is 15.5 Å². The maximum absolute atomic E-state index is 12.7. The predicted octanol–water partition coefficient (Wildman–Crippen LogP) is 1.44. The van der Waals surface area contributed by atoms with E-state index in [1.807, 2.05) is 24.3 Å². The van der Waals surface area contributed by atoms with E-state index in [1.54, 1.807) is 11.8 Å². The zero-order valence-corrected chi connectivity index (χ0v) is 15.0. The van der Waals surface area contributed by atoms with Crippen LogP contribution < -0.4 is 11.1 Å². The topological polar surface area (TPSA) is 104 Å². The highest BCUT2D eigenvalue weighted by molar-refractivity contribution is 6.05. The molecule has 2 aromatic rings. The minimum atomic E-state index is -0.611. The summed E-state index contributed by atoms with van der Waals surface area (Å²) >= 11 is 0. The molecule has 2 atom stereocenters. The van der Waals surface area contributed by atoms with Crippen molar-refractivity contribution in [1.82, 2.24) is 20.4 Å². The largest absolute Gasteiger partial charge is 0.339 e. The summed E-state index contributed by atoms with van der Waals surface area (Å²) in [5.41, 5.74) is 6.87. The quantitative estimate of drug-likeness (QED) is 0.762. The lowest BCUT2D eigenvalue weighted by atomic mass is 10.0. The second kappa shape index (κ2) is 8.31. The summed E-state index contributed by atoms with van der Waals surface area (Å²) in [6.45, 7) is 2.86. The van der Waals surface area contributed by atoms with Crippen LogP contribution in [0.2, 0.25) is 0 Å². The van der Waals surface area contributed by atoms with Crippen LogP contribution in [-0.4, -0.2) is 52.1 Å². The van der Waals surface area contributed by atoms with E-state index in [9.17, 15) is 9.59 Å². The lowest BCUT2D eigenvalue weighted by Gasteiger charge is -2.36. The van der Waals surface area contributed by atoms with Crippen LogP contribution in [0.4, 0.5) is 0 Å². The molecule has 3 rings (SSSR count). The van der Waals surface area contributed by atoms with E-state index in [4.69, 9.17) is 5.73 Å². The number of para-hydroxylation sites is 1. The van der Waals surface area contributed by atoms with Gasteiger partial charge < -0.3 is 16.0 Å². The Morgan fingerprint density at radius 3 is 2.92 bits per heavy atom. The number of aromatic nitrogens is 2. The summed E-state index contributed by atoms with van der Waals surface area (Å²) in [6.07, 6.45) is 2.99. The smallest absolute Gasteiger partial charge is 0.273 e. The number of hydrogen-bond acceptors (Lipinski definition) is 4. The molecule has 2 amide bonds. The number of carbonyl (C=O) groups excluding carboxylic acids is 2. The first-order valence-electron chi connectivity index (χ1n) is 8.36. The fourth-order valence-corrected chi connectivity index (χ4v) is 3.25. The van der Waals surface area contributed by atoms with E-state index in [-0.39, 0.29) is 30.3 Å². The number of likely N-dealkylation sites (tertiary alicyclic amines) is 1. The molecule has 25 heavy (non-hydrogen) atoms. The first-order chi connectivity index (χ1) is 11.6. The van der Waals surface area contributed by atoms with Crippen LogP contribution in [0, 0.1) is 0 Å². The number of hydrogen-bond donors (Lipinski definition) is 3. The minimum Gasteiger partial charge on any atom is -0.339 e. The number of nitrogens with two attached hydrogens (primary N) is 1. The Labute approximate surface area is 152 Å². The number of aromatic amines is 1. The number of halogens is 1. The minimum absolute atomic E-state index is 0. The van der Waals surface area contributed by atoms with Crippen molar-refractivity contribution in [3.05, 3.63) is 30.0 Å². The van der Waals surface area contributed by atoms with Crippen molar-refractivity contribution in [2.45, 2.75) is 38.3 Å². The number of carbonyl (C=O) groups is 2. The first-order valence-corrected chi connectivity index (χ1v) is 8.36. The standard InChI is InChI=1S/C17H23N5O2.ClH/c1-11(17(24)22-9-5-4-6-12(22)10-18)19-16(23)15-13-7-2-3-8-14(13)20-21-15;/h2-3,7-8,11-12H,4-6,9-10,18H2,1H3,(H,19,23)(H,20,21);1H. The Kier molecular flexibility index (Phi) is 6.39. The van der Waals surface area contributed by atoms with Crippen molar-refractivity contribution in [1.29, 1.82) is 0 Å². The molecule has 0 spiro atoms. The molecule has 1 fully saturated rings. The number of piperidine rings is 1. The van der Waals surface area contributed by atoms with Crippen LogP contribution in [-0.2, 0) is 4.79 Å². The van der Waals surface area contributed by atoms with Gasteiger partial charge in [-0.05, 0) is 32.3 Å². The Morgan fingerprint density at radius 1 is 1.40 bits per heavy atom. The van der Waals surface area contributed by atoms with Gasteiger partial charge >= 0.3 is 0 Å². The summed E-state index contributed by atoms with van der Waals surface area (Å²) in [5, 5.41) is 10.4. The molecule has 0 bridgehead atoms. The third-order valence-electron chi connectivity index (χ3n) is 4.59. The van der Waals surface area contributed by atoms with Gasteiger partial charge in [-0.2, -0.15) is 5.10 Å². The maximum Gasteiger partial charge on any atom is 0.273 e. The van der Waals surface area contributed by atoms with E-state index < -0.39 is 6.04 Å². The predicted molar refractivity (Wildman–Crippen MR) is 98.7 cm³/mol. The molecule has 1 aliphatic rings. The third kappa shape index (κ3) is 3.93. The highest BCUT2D eigenvalue weighted by Crippen LogP contribution is 2.18. The van der Waals surface area contributed by atoms with Gasteiger partial charge in [0.25, 0.3) is 5.91 Å². The summed E-state index contributed by atoms with van der Waals surface area (Å²) < 4.78 is 0. The van der Waals surface area contributed by atoms with E-state index in [0.29, 0.717) is 18.8 Å². The summed E-state index contributed by atoms with van der Waals surface area (Å²) in [7, 11) is 0. The van der Waals surface area contributed by atoms with Gasteiger partial charge in [0.2, 0.25) is 5.91 Å². The van der Waals surface area contributed by atoms with Crippen LogP contribution in [0.25, 0.3) is 10.9 Å². The van der Waals surface area contributed by atoms with E-state index in [0.717, 1.165) is 30.2 Å². The molecule has 0 aliphatic carbocycles. The summed E-state index contributed by atoms with van der Waals surface area (Å²) in [6, 6.07) is 6.86. The Morgan fingerprint density at radius 2 is 2.16 bits per heavy atom. The molecule has 0 saturated carbocycles. The van der Waals surface area contributed by atoms with Crippen molar-refractivity contribution < 1.29 is 9.59 Å². The summed E-state index contributed by atoms with van der Waals surface area (Å²) in [5.74, 6) is -0.437. The molecule has 2 unspecified atom stereocenters. The van der Waals surface area contributed by atoms with Gasteiger partial charge in [-0.15, -0.1) is 12.4 Å². The molecule has 0 radical (unpaired) electrons. The fraction of sp³-hybridized carbons (Fsp3) is 0.471. The number of benzene rings is 1. The zero-order chi connectivity index (χ0) is 17.1. The number of nitrogens with zero attached hydrogens (tertiary/aromatic N) is 2. The molecule has 2 heterocycles. The lowest BCUT2D eigenvalue weighted by Crippen LogP contribution is -2.54. The van der Waals surface area contributed by atoms with Gasteiger partial charge in [0.05, 0.1) is 5.52 Å². The highest BCUT2D eigenvalue weighted by atomic mass is 35.5. The average Bonchev–Trinajstić information content (AvgIpc) is 3.05. The molecule has 8 heteroatoms. The van der Waals surface area contributed by atoms with Crippen molar-refractivity contribution in [3.63, 3.8) is 0 Å². The monoisotopic (exact) mass is 365 g/mol. The number of fused-ring (bicyclic) bond motifs is 1. The van der Waals surface area contributed by atoms with Crippen LogP contribution in [0.3, 0.4) is 0 Å². The SMILES string of the molecule is CC(NC(=O)c1n[nH]c2ccccc12)C(=O)N1CCCCC1CN.Cl. The number of nitrogens with one attached hydrogen (secondary N) is 2. The van der Waals surface area contributed by atoms with Crippen LogP contribution in [0.5, 0.6) is 0 Å². The number of rotatable bonds is 4. The molecular formula is C17H24ClN5O2. The van der Waals surface area contributed by atoms with Gasteiger partial charge in [0.15, 0.2) is 5.69 Å². The molecule has 1 aromatic heterocycles. The zero-order valence-electron chi connectivity index (χ0n) is 14.2. The highest BCUT2D eigenvalue weighted by Gasteiger charge is 2.30. The number of H-pyrrole nitrogens is 1. The molecule has 1 aromatic carbocycles. The second-order valence-corrected chi connectivity index (χ2v) is 6.23. The van der Waals surface area contributed by atoms with Crippen LogP contribution in [0.1, 0.15) is 36.7 Å². The lowest BCUT2D eigenvalue weighted by molar-refractivity contribution is -0.136. The van der Waals surface area contributed by atoms with Crippen molar-refractivity contribution in [2.75, 3.05) is 13.1 Å². The van der Waals surface area contributed by atoms with Crippen molar-refractivity contribution in [2.24, 2.45) is 5.73 Å².